The van der Waals surface area contributed by atoms with Crippen molar-refractivity contribution in [1.29, 1.82) is 0 Å². The zero-order chi connectivity index (χ0) is 19.9. The SMILES string of the molecule is COc1ccc(C(=NNC(=O)c2cccc(N([O-])O)c2)c2ccccc2)cc1. The molecule has 0 saturated carbocycles. The molecule has 0 aliphatic rings. The van der Waals surface area contributed by atoms with Gasteiger partial charge in [0.1, 0.15) is 5.75 Å². The first-order valence-corrected chi connectivity index (χ1v) is 8.42. The van der Waals surface area contributed by atoms with Crippen LogP contribution in [0.3, 0.4) is 0 Å². The van der Waals surface area contributed by atoms with E-state index in [0.29, 0.717) is 11.5 Å². The quantitative estimate of drug-likeness (QED) is 0.506. The Hall–Kier alpha value is -3.68. The minimum absolute atomic E-state index is 0.0462. The standard InChI is InChI=1S/C21H18N3O4/c1-28-19-12-10-16(11-13-19)20(15-6-3-2-4-7-15)22-23-21(25)17-8-5-9-18(14-17)24(26)27/h2-14,26H,1H3,(H,23,25)/q-1. The molecular weight excluding hydrogens is 358 g/mol. The van der Waals surface area contributed by atoms with Crippen molar-refractivity contribution in [1.82, 2.24) is 5.43 Å². The second-order valence-corrected chi connectivity index (χ2v) is 5.82. The maximum absolute atomic E-state index is 12.4. The summed E-state index contributed by atoms with van der Waals surface area (Å²) < 4.78 is 5.18. The normalized spacial score (nSPS) is 11.0. The van der Waals surface area contributed by atoms with Crippen molar-refractivity contribution < 1.29 is 14.7 Å². The van der Waals surface area contributed by atoms with Gasteiger partial charge in [-0.15, -0.1) is 0 Å². The summed E-state index contributed by atoms with van der Waals surface area (Å²) in [5, 5.41) is 24.0. The number of anilines is 1. The van der Waals surface area contributed by atoms with Gasteiger partial charge in [0.25, 0.3) is 5.91 Å². The zero-order valence-corrected chi connectivity index (χ0v) is 15.1. The van der Waals surface area contributed by atoms with E-state index in [4.69, 9.17) is 9.94 Å². The van der Waals surface area contributed by atoms with Crippen LogP contribution in [0.1, 0.15) is 21.5 Å². The molecule has 0 aliphatic carbocycles. The molecule has 2 N–H and O–H groups in total. The average Bonchev–Trinajstić information content (AvgIpc) is 2.75. The third-order valence-electron chi connectivity index (χ3n) is 4.01. The first-order chi connectivity index (χ1) is 13.6. The van der Waals surface area contributed by atoms with Crippen LogP contribution in [0.4, 0.5) is 5.69 Å². The zero-order valence-electron chi connectivity index (χ0n) is 15.1. The van der Waals surface area contributed by atoms with E-state index in [2.05, 4.69) is 10.5 Å². The molecule has 0 bridgehead atoms. The van der Waals surface area contributed by atoms with E-state index in [9.17, 15) is 10.0 Å². The van der Waals surface area contributed by atoms with Gasteiger partial charge >= 0.3 is 0 Å². The lowest BCUT2D eigenvalue weighted by Crippen LogP contribution is -2.21. The number of ether oxygens (including phenoxy) is 1. The van der Waals surface area contributed by atoms with Gasteiger partial charge in [0.2, 0.25) is 0 Å². The third kappa shape index (κ3) is 4.53. The summed E-state index contributed by atoms with van der Waals surface area (Å²) in [6.45, 7) is 0. The molecule has 0 radical (unpaired) electrons. The average molecular weight is 376 g/mol. The number of hydrazone groups is 1. The molecule has 0 atom stereocenters. The van der Waals surface area contributed by atoms with Crippen LogP contribution < -0.4 is 15.4 Å². The van der Waals surface area contributed by atoms with Gasteiger partial charge in [-0.05, 0) is 42.5 Å². The van der Waals surface area contributed by atoms with Crippen LogP contribution in [0, 0.1) is 5.21 Å². The number of hydrogen-bond donors (Lipinski definition) is 2. The molecule has 3 rings (SSSR count). The van der Waals surface area contributed by atoms with E-state index in [1.807, 2.05) is 54.6 Å². The maximum Gasteiger partial charge on any atom is 0.271 e. The van der Waals surface area contributed by atoms with Crippen molar-refractivity contribution in [2.75, 3.05) is 12.3 Å². The van der Waals surface area contributed by atoms with Crippen LogP contribution in [-0.4, -0.2) is 23.9 Å². The smallest absolute Gasteiger partial charge is 0.271 e. The summed E-state index contributed by atoms with van der Waals surface area (Å²) in [5.41, 5.74) is 4.84. The summed E-state index contributed by atoms with van der Waals surface area (Å²) in [6.07, 6.45) is 0. The molecule has 0 unspecified atom stereocenters. The Morgan fingerprint density at radius 3 is 2.25 bits per heavy atom. The van der Waals surface area contributed by atoms with Crippen LogP contribution >= 0.6 is 0 Å². The minimum atomic E-state index is -0.509. The largest absolute Gasteiger partial charge is 0.733 e. The lowest BCUT2D eigenvalue weighted by molar-refractivity contribution is 0.0955. The van der Waals surface area contributed by atoms with Gasteiger partial charge in [0, 0.05) is 16.7 Å². The lowest BCUT2D eigenvalue weighted by atomic mass is 10.0. The molecular formula is C21H18N3O4-. The fourth-order valence-electron chi connectivity index (χ4n) is 2.58. The second kappa shape index (κ2) is 8.81. The molecule has 142 valence electrons. The highest BCUT2D eigenvalue weighted by atomic mass is 16.8. The lowest BCUT2D eigenvalue weighted by Gasteiger charge is -2.21. The topological polar surface area (TPSA) is 97.2 Å². The Labute approximate surface area is 162 Å². The first kappa shape index (κ1) is 19.1. The molecule has 7 nitrogen and oxygen atoms in total. The summed E-state index contributed by atoms with van der Waals surface area (Å²) in [6, 6.07) is 22.4. The molecule has 0 aromatic heterocycles. The van der Waals surface area contributed by atoms with Gasteiger partial charge in [-0.3, -0.25) is 10.0 Å². The number of amides is 1. The first-order valence-electron chi connectivity index (χ1n) is 8.42. The Kier molecular flexibility index (Phi) is 6.01. The molecule has 28 heavy (non-hydrogen) atoms. The molecule has 0 aliphatic heterocycles. The summed E-state index contributed by atoms with van der Waals surface area (Å²) in [7, 11) is 1.59. The number of nitrogens with one attached hydrogen (secondary N) is 1. The molecule has 3 aromatic carbocycles. The third-order valence-corrected chi connectivity index (χ3v) is 4.01. The molecule has 0 fully saturated rings. The van der Waals surface area contributed by atoms with Gasteiger partial charge in [-0.1, -0.05) is 36.4 Å². The van der Waals surface area contributed by atoms with E-state index in [1.165, 1.54) is 24.3 Å². The second-order valence-electron chi connectivity index (χ2n) is 5.82. The van der Waals surface area contributed by atoms with Crippen molar-refractivity contribution in [2.45, 2.75) is 0 Å². The summed E-state index contributed by atoms with van der Waals surface area (Å²) >= 11 is 0. The van der Waals surface area contributed by atoms with E-state index >= 15 is 0 Å². The fraction of sp³-hybridized carbons (Fsp3) is 0.0476. The maximum atomic E-state index is 12.4. The monoisotopic (exact) mass is 376 g/mol. The summed E-state index contributed by atoms with van der Waals surface area (Å²) in [5.74, 6) is 0.203. The Morgan fingerprint density at radius 2 is 1.61 bits per heavy atom. The molecule has 1 amide bonds. The van der Waals surface area contributed by atoms with E-state index in [0.717, 1.165) is 11.1 Å². The van der Waals surface area contributed by atoms with Gasteiger partial charge in [0.05, 0.1) is 18.5 Å². The van der Waals surface area contributed by atoms with Crippen LogP contribution in [-0.2, 0) is 0 Å². The fourth-order valence-corrected chi connectivity index (χ4v) is 2.58. The number of benzene rings is 3. The van der Waals surface area contributed by atoms with Crippen LogP contribution in [0.15, 0.2) is 84.0 Å². The van der Waals surface area contributed by atoms with Crippen LogP contribution in [0.2, 0.25) is 0 Å². The molecule has 7 heteroatoms. The number of methoxy groups -OCH3 is 1. The van der Waals surface area contributed by atoms with Gasteiger partial charge in [-0.2, -0.15) is 5.10 Å². The summed E-state index contributed by atoms with van der Waals surface area (Å²) in [4.78, 5) is 12.4. The van der Waals surface area contributed by atoms with Gasteiger partial charge in [0.15, 0.2) is 0 Å². The highest BCUT2D eigenvalue weighted by molar-refractivity contribution is 6.13. The molecule has 0 heterocycles. The van der Waals surface area contributed by atoms with Gasteiger partial charge in [-0.25, -0.2) is 5.43 Å². The number of rotatable bonds is 6. The van der Waals surface area contributed by atoms with E-state index < -0.39 is 5.91 Å². The van der Waals surface area contributed by atoms with Crippen LogP contribution in [0.25, 0.3) is 0 Å². The number of carbonyl (C=O) groups is 1. The molecule has 3 aromatic rings. The van der Waals surface area contributed by atoms with Crippen LogP contribution in [0.5, 0.6) is 5.75 Å². The van der Waals surface area contributed by atoms with Crippen molar-refractivity contribution in [2.24, 2.45) is 5.10 Å². The highest BCUT2D eigenvalue weighted by Crippen LogP contribution is 2.16. The number of hydrogen-bond acceptors (Lipinski definition) is 6. The van der Waals surface area contributed by atoms with Gasteiger partial charge < -0.3 is 15.2 Å². The molecule has 0 spiro atoms. The predicted octanol–water partition coefficient (Wildman–Crippen LogP) is 3.57. The van der Waals surface area contributed by atoms with Crippen molar-refractivity contribution in [3.05, 3.63) is 101 Å². The van der Waals surface area contributed by atoms with E-state index in [-0.39, 0.29) is 16.5 Å². The Bertz CT molecular complexity index is 970. The highest BCUT2D eigenvalue weighted by Gasteiger charge is 2.10. The van der Waals surface area contributed by atoms with E-state index in [1.54, 1.807) is 7.11 Å². The van der Waals surface area contributed by atoms with Crippen molar-refractivity contribution in [3.8, 4) is 5.75 Å². The number of carbonyl (C=O) groups excluding carboxylic acids is 1. The minimum Gasteiger partial charge on any atom is -0.733 e. The Morgan fingerprint density at radius 1 is 0.964 bits per heavy atom. The predicted molar refractivity (Wildman–Crippen MR) is 107 cm³/mol. The Balaban J connectivity index is 1.90. The van der Waals surface area contributed by atoms with Crippen molar-refractivity contribution >= 4 is 17.3 Å². The van der Waals surface area contributed by atoms with Crippen molar-refractivity contribution in [3.63, 3.8) is 0 Å². The number of nitrogens with zero attached hydrogens (tertiary/aromatic N) is 2. The molecule has 0 saturated heterocycles.